The van der Waals surface area contributed by atoms with Gasteiger partial charge in [-0.1, -0.05) is 0 Å². The Bertz CT molecular complexity index is 1290. The second-order valence-corrected chi connectivity index (χ2v) is 6.92. The summed E-state index contributed by atoms with van der Waals surface area (Å²) in [5.41, 5.74) is 2.97. The van der Waals surface area contributed by atoms with E-state index in [1.54, 1.807) is 30.5 Å². The fourth-order valence-corrected chi connectivity index (χ4v) is 2.95. The zero-order valence-electron chi connectivity index (χ0n) is 16.6. The van der Waals surface area contributed by atoms with Gasteiger partial charge in [0.1, 0.15) is 23.8 Å². The Hall–Kier alpha value is -4.20. The van der Waals surface area contributed by atoms with Crippen LogP contribution in [-0.4, -0.2) is 15.4 Å². The highest BCUT2D eigenvalue weighted by Gasteiger charge is 2.06. The van der Waals surface area contributed by atoms with Gasteiger partial charge in [0.25, 0.3) is 5.56 Å². The monoisotopic (exact) mass is 418 g/mol. The molecule has 7 nitrogen and oxygen atoms in total. The molecule has 2 aromatic carbocycles. The van der Waals surface area contributed by atoms with Crippen LogP contribution in [-0.2, 0) is 6.61 Å². The van der Waals surface area contributed by atoms with Crippen molar-refractivity contribution in [1.82, 2.24) is 9.38 Å². The largest absolute Gasteiger partial charge is 0.487 e. The Morgan fingerprint density at radius 3 is 2.32 bits per heavy atom. The first-order valence-electron chi connectivity index (χ1n) is 9.52. The third-order valence-electron chi connectivity index (χ3n) is 4.48. The van der Waals surface area contributed by atoms with Crippen molar-refractivity contribution in [3.05, 3.63) is 100 Å². The number of ether oxygens (including phenoxy) is 1. The Morgan fingerprint density at radius 2 is 1.65 bits per heavy atom. The number of anilines is 2. The minimum absolute atomic E-state index is 0.136. The maximum absolute atomic E-state index is 12.9. The molecule has 2 N–H and O–H groups in total. The van der Waals surface area contributed by atoms with Crippen LogP contribution < -0.4 is 20.9 Å². The van der Waals surface area contributed by atoms with E-state index in [0.29, 0.717) is 28.5 Å². The molecule has 156 valence electrons. The van der Waals surface area contributed by atoms with E-state index in [9.17, 15) is 14.0 Å². The molecule has 0 aliphatic carbocycles. The lowest BCUT2D eigenvalue weighted by Crippen LogP contribution is -2.19. The summed E-state index contributed by atoms with van der Waals surface area (Å²) in [6, 6.07) is 16.9. The van der Waals surface area contributed by atoms with Crippen LogP contribution in [0.2, 0.25) is 0 Å². The first-order valence-corrected chi connectivity index (χ1v) is 9.52. The van der Waals surface area contributed by atoms with Crippen LogP contribution in [0.25, 0.3) is 5.65 Å². The van der Waals surface area contributed by atoms with Gasteiger partial charge < -0.3 is 15.4 Å². The van der Waals surface area contributed by atoms with Gasteiger partial charge in [0, 0.05) is 23.6 Å². The molecule has 0 fully saturated rings. The number of hydrogen-bond acceptors (Lipinski definition) is 4. The Morgan fingerprint density at radius 1 is 1.00 bits per heavy atom. The van der Waals surface area contributed by atoms with E-state index >= 15 is 0 Å². The van der Waals surface area contributed by atoms with Crippen molar-refractivity contribution < 1.29 is 13.9 Å². The SMILES string of the molecule is Cc1ccn2c(=O)cc(COc3ccc(NC(=O)Nc4ccc(F)cc4)cc3)nc2c1. The number of benzene rings is 2. The molecule has 0 saturated carbocycles. The molecule has 0 saturated heterocycles. The van der Waals surface area contributed by atoms with E-state index in [1.165, 1.54) is 34.7 Å². The lowest BCUT2D eigenvalue weighted by Gasteiger charge is -2.10. The maximum Gasteiger partial charge on any atom is 0.323 e. The van der Waals surface area contributed by atoms with Crippen LogP contribution >= 0.6 is 0 Å². The van der Waals surface area contributed by atoms with Crippen LogP contribution in [0, 0.1) is 12.7 Å². The predicted molar refractivity (Wildman–Crippen MR) is 116 cm³/mol. The molecule has 0 atom stereocenters. The van der Waals surface area contributed by atoms with E-state index in [4.69, 9.17) is 4.74 Å². The summed E-state index contributed by atoms with van der Waals surface area (Å²) < 4.78 is 20.1. The summed E-state index contributed by atoms with van der Waals surface area (Å²) in [6.45, 7) is 2.07. The molecule has 0 aliphatic rings. The quantitative estimate of drug-likeness (QED) is 0.504. The number of carbonyl (C=O) groups is 1. The summed E-state index contributed by atoms with van der Waals surface area (Å²) in [5.74, 6) is 0.191. The molecule has 2 amide bonds. The molecule has 8 heteroatoms. The Kier molecular flexibility index (Phi) is 5.61. The number of nitrogens with one attached hydrogen (secondary N) is 2. The van der Waals surface area contributed by atoms with Crippen molar-refractivity contribution >= 4 is 23.1 Å². The molecule has 2 aromatic heterocycles. The standard InChI is InChI=1S/C23H19FN4O3/c1-15-10-11-28-21(12-15)25-19(13-22(28)29)14-31-20-8-6-18(7-9-20)27-23(30)26-17-4-2-16(24)3-5-17/h2-13H,14H2,1H3,(H2,26,27,30). The van der Waals surface area contributed by atoms with Crippen molar-refractivity contribution in [2.45, 2.75) is 13.5 Å². The van der Waals surface area contributed by atoms with E-state index in [2.05, 4.69) is 15.6 Å². The third kappa shape index (κ3) is 5.05. The predicted octanol–water partition coefficient (Wildman–Crippen LogP) is 4.37. The van der Waals surface area contributed by atoms with Crippen LogP contribution in [0.3, 0.4) is 0 Å². The number of fused-ring (bicyclic) bond motifs is 1. The fraction of sp³-hybridized carbons (Fsp3) is 0.0870. The van der Waals surface area contributed by atoms with Crippen molar-refractivity contribution in [1.29, 1.82) is 0 Å². The number of hydrogen-bond donors (Lipinski definition) is 2. The normalized spacial score (nSPS) is 10.6. The molecule has 0 aliphatic heterocycles. The van der Waals surface area contributed by atoms with Crippen LogP contribution in [0.4, 0.5) is 20.6 Å². The van der Waals surface area contributed by atoms with E-state index in [-0.39, 0.29) is 18.0 Å². The van der Waals surface area contributed by atoms with Gasteiger partial charge in [-0.05, 0) is 73.2 Å². The molecule has 2 heterocycles. The highest BCUT2D eigenvalue weighted by Crippen LogP contribution is 2.17. The zero-order chi connectivity index (χ0) is 21.8. The van der Waals surface area contributed by atoms with E-state index in [1.807, 2.05) is 19.1 Å². The van der Waals surface area contributed by atoms with Gasteiger partial charge in [-0.25, -0.2) is 14.2 Å². The van der Waals surface area contributed by atoms with Crippen molar-refractivity contribution in [3.8, 4) is 5.75 Å². The van der Waals surface area contributed by atoms with Gasteiger partial charge in [-0.15, -0.1) is 0 Å². The van der Waals surface area contributed by atoms with Gasteiger partial charge in [-0.3, -0.25) is 9.20 Å². The average Bonchev–Trinajstić information content (AvgIpc) is 2.74. The van der Waals surface area contributed by atoms with Gasteiger partial charge in [0.2, 0.25) is 0 Å². The Balaban J connectivity index is 1.36. The van der Waals surface area contributed by atoms with Gasteiger partial charge in [0.05, 0.1) is 5.69 Å². The number of amides is 2. The summed E-state index contributed by atoms with van der Waals surface area (Å²) in [4.78, 5) is 28.7. The number of urea groups is 1. The molecule has 4 rings (SSSR count). The summed E-state index contributed by atoms with van der Waals surface area (Å²) >= 11 is 0. The number of halogens is 1. The van der Waals surface area contributed by atoms with E-state index in [0.717, 1.165) is 5.56 Å². The molecular weight excluding hydrogens is 399 g/mol. The number of pyridine rings is 1. The number of aromatic nitrogens is 2. The topological polar surface area (TPSA) is 84.7 Å². The zero-order valence-corrected chi connectivity index (χ0v) is 16.6. The third-order valence-corrected chi connectivity index (χ3v) is 4.48. The lowest BCUT2D eigenvalue weighted by atomic mass is 10.3. The number of carbonyl (C=O) groups excluding carboxylic acids is 1. The summed E-state index contributed by atoms with van der Waals surface area (Å²) in [7, 11) is 0. The van der Waals surface area contributed by atoms with Crippen molar-refractivity contribution in [3.63, 3.8) is 0 Å². The molecule has 0 unspecified atom stereocenters. The first-order chi connectivity index (χ1) is 15.0. The molecule has 4 aromatic rings. The molecule has 0 bridgehead atoms. The van der Waals surface area contributed by atoms with Gasteiger partial charge >= 0.3 is 6.03 Å². The highest BCUT2D eigenvalue weighted by atomic mass is 19.1. The second kappa shape index (κ2) is 8.66. The number of aryl methyl sites for hydroxylation is 1. The molecule has 0 radical (unpaired) electrons. The highest BCUT2D eigenvalue weighted by molar-refractivity contribution is 5.99. The van der Waals surface area contributed by atoms with Crippen LogP contribution in [0.1, 0.15) is 11.3 Å². The smallest absolute Gasteiger partial charge is 0.323 e. The lowest BCUT2D eigenvalue weighted by molar-refractivity contribution is 0.262. The maximum atomic E-state index is 12.9. The number of nitrogens with zero attached hydrogens (tertiary/aromatic N) is 2. The van der Waals surface area contributed by atoms with Crippen molar-refractivity contribution in [2.75, 3.05) is 10.6 Å². The van der Waals surface area contributed by atoms with Crippen molar-refractivity contribution in [2.24, 2.45) is 0 Å². The fourth-order valence-electron chi connectivity index (χ4n) is 2.95. The number of rotatable bonds is 5. The Labute approximate surface area is 177 Å². The summed E-state index contributed by atoms with van der Waals surface area (Å²) in [6.07, 6.45) is 1.70. The molecule has 31 heavy (non-hydrogen) atoms. The minimum Gasteiger partial charge on any atom is -0.487 e. The van der Waals surface area contributed by atoms with Crippen LogP contribution in [0.15, 0.2) is 77.7 Å². The summed E-state index contributed by atoms with van der Waals surface area (Å²) in [5, 5.41) is 5.30. The first kappa shape index (κ1) is 20.1. The second-order valence-electron chi connectivity index (χ2n) is 6.92. The van der Waals surface area contributed by atoms with E-state index < -0.39 is 6.03 Å². The molecular formula is C23H19FN4O3. The van der Waals surface area contributed by atoms with Crippen LogP contribution in [0.5, 0.6) is 5.75 Å². The van der Waals surface area contributed by atoms with Gasteiger partial charge in [0.15, 0.2) is 0 Å². The van der Waals surface area contributed by atoms with Gasteiger partial charge in [-0.2, -0.15) is 0 Å². The average molecular weight is 418 g/mol. The minimum atomic E-state index is -0.448. The molecule has 0 spiro atoms.